The Labute approximate surface area is 101 Å². The van der Waals surface area contributed by atoms with Crippen molar-refractivity contribution in [2.24, 2.45) is 5.28 Å². The highest BCUT2D eigenvalue weighted by Crippen LogP contribution is 2.06. The average molecular weight is 252 g/mol. The van der Waals surface area contributed by atoms with Crippen LogP contribution in [0.1, 0.15) is 6.92 Å². The van der Waals surface area contributed by atoms with Crippen LogP contribution in [-0.2, 0) is 14.4 Å². The summed E-state index contributed by atoms with van der Waals surface area (Å²) in [4.78, 5) is 35.4. The van der Waals surface area contributed by atoms with Crippen molar-refractivity contribution >= 4 is 17.4 Å². The summed E-state index contributed by atoms with van der Waals surface area (Å²) in [5.41, 5.74) is 7.70. The molecule has 0 radical (unpaired) electrons. The molecule has 1 aromatic rings. The number of hydrogen-bond acceptors (Lipinski definition) is 6. The zero-order chi connectivity index (χ0) is 14.0. The van der Waals surface area contributed by atoms with Gasteiger partial charge in [-0.3, -0.25) is 14.9 Å². The summed E-state index contributed by atoms with van der Waals surface area (Å²) >= 11 is 0. The summed E-state index contributed by atoms with van der Waals surface area (Å²) in [5.74, 6) is -1.96. The van der Waals surface area contributed by atoms with Crippen LogP contribution in [0, 0.1) is 10.1 Å². The highest BCUT2D eigenvalue weighted by Gasteiger charge is 2.06. The van der Waals surface area contributed by atoms with Crippen molar-refractivity contribution in [2.45, 2.75) is 6.92 Å². The first kappa shape index (κ1) is 15.1. The van der Waals surface area contributed by atoms with E-state index in [9.17, 15) is 19.7 Å². The maximum Gasteiger partial charge on any atom is 0.385 e. The van der Waals surface area contributed by atoms with Crippen LogP contribution in [0.5, 0.6) is 0 Å². The molecular formula is C9H8N4O5. The smallest absolute Gasteiger partial charge is 0.353 e. The van der Waals surface area contributed by atoms with Crippen LogP contribution in [0.3, 0.4) is 0 Å². The zero-order valence-electron chi connectivity index (χ0n) is 9.22. The van der Waals surface area contributed by atoms with Crippen LogP contribution >= 0.6 is 0 Å². The Morgan fingerprint density at radius 3 is 2.28 bits per heavy atom. The number of nitro benzene ring substituents is 1. The van der Waals surface area contributed by atoms with Gasteiger partial charge >= 0.3 is 5.97 Å². The molecule has 9 heteroatoms. The van der Waals surface area contributed by atoms with Gasteiger partial charge in [0.05, 0.1) is 4.92 Å². The molecule has 1 aromatic carbocycles. The van der Waals surface area contributed by atoms with E-state index in [-0.39, 0.29) is 5.69 Å². The van der Waals surface area contributed by atoms with Crippen molar-refractivity contribution in [2.75, 3.05) is 0 Å². The highest BCUT2D eigenvalue weighted by atomic mass is 16.7. The highest BCUT2D eigenvalue weighted by molar-refractivity contribution is 6.32. The van der Waals surface area contributed by atoms with Crippen LogP contribution < -0.4 is 0 Å². The van der Waals surface area contributed by atoms with E-state index >= 15 is 0 Å². The molecule has 0 spiro atoms. The fraction of sp³-hybridized carbons (Fsp3) is 0.111. The molecule has 1 rings (SSSR count). The number of Topliss-reactive ketones (excluding diaryl/α,β-unsaturated/α-hetero) is 1. The predicted octanol–water partition coefficient (Wildman–Crippen LogP) is 1.94. The molecule has 0 unspecified atom stereocenters. The number of hydrogen-bond donors (Lipinski definition) is 0. The Balaban J connectivity index is 0.000000321. The lowest BCUT2D eigenvalue weighted by atomic mass is 10.3. The van der Waals surface area contributed by atoms with Gasteiger partial charge in [0.15, 0.2) is 0 Å². The van der Waals surface area contributed by atoms with Crippen molar-refractivity contribution in [1.82, 2.24) is 0 Å². The summed E-state index contributed by atoms with van der Waals surface area (Å²) in [6, 6.07) is 7.93. The molecule has 9 nitrogen and oxygen atoms in total. The second-order valence-electron chi connectivity index (χ2n) is 2.70. The number of carbonyl (C=O) groups excluding carboxylic acids is 2. The van der Waals surface area contributed by atoms with Crippen LogP contribution in [0.25, 0.3) is 10.4 Å². The van der Waals surface area contributed by atoms with Gasteiger partial charge in [0.2, 0.25) is 5.78 Å². The number of non-ortho nitro benzene ring substituents is 1. The van der Waals surface area contributed by atoms with Gasteiger partial charge in [-0.25, -0.2) is 4.79 Å². The number of nitrogens with zero attached hydrogens (tertiary/aromatic N) is 4. The molecule has 0 saturated carbocycles. The molecular weight excluding hydrogens is 244 g/mol. The number of carbonyl (C=O) groups is 2. The zero-order valence-corrected chi connectivity index (χ0v) is 9.22. The molecule has 18 heavy (non-hydrogen) atoms. The largest absolute Gasteiger partial charge is 0.385 e. The third-order valence-corrected chi connectivity index (χ3v) is 1.41. The van der Waals surface area contributed by atoms with E-state index in [0.29, 0.717) is 0 Å². The molecule has 0 aromatic heterocycles. The first-order valence-corrected chi connectivity index (χ1v) is 4.44. The van der Waals surface area contributed by atoms with Crippen LogP contribution in [-0.4, -0.2) is 16.7 Å². The number of ketones is 1. The Kier molecular flexibility index (Phi) is 6.91. The minimum absolute atomic E-state index is 0.137. The molecule has 94 valence electrons. The summed E-state index contributed by atoms with van der Waals surface area (Å²) in [6.45, 7) is 1.01. The summed E-state index contributed by atoms with van der Waals surface area (Å²) in [5, 5.41) is 12.4. The molecule has 0 atom stereocenters. The van der Waals surface area contributed by atoms with Crippen LogP contribution in [0.2, 0.25) is 0 Å². The van der Waals surface area contributed by atoms with E-state index in [1.807, 2.05) is 0 Å². The molecule has 0 N–H and O–H groups in total. The molecule has 0 amide bonds. The van der Waals surface area contributed by atoms with E-state index in [0.717, 1.165) is 6.92 Å². The normalized spacial score (nSPS) is 8.06. The van der Waals surface area contributed by atoms with E-state index in [1.54, 1.807) is 18.2 Å². The second-order valence-corrected chi connectivity index (χ2v) is 2.70. The Morgan fingerprint density at radius 2 is 1.94 bits per heavy atom. The fourth-order valence-electron chi connectivity index (χ4n) is 0.669. The van der Waals surface area contributed by atoms with Gasteiger partial charge in [-0.2, -0.15) is 0 Å². The van der Waals surface area contributed by atoms with E-state index in [1.165, 1.54) is 12.1 Å². The van der Waals surface area contributed by atoms with Crippen molar-refractivity contribution in [3.8, 4) is 0 Å². The Bertz CT molecular complexity index is 481. The summed E-state index contributed by atoms with van der Waals surface area (Å²) in [7, 11) is 0. The minimum Gasteiger partial charge on any atom is -0.353 e. The molecule has 0 aliphatic heterocycles. The molecule has 0 heterocycles. The van der Waals surface area contributed by atoms with Gasteiger partial charge in [0.1, 0.15) is 5.28 Å². The quantitative estimate of drug-likeness (QED) is 0.202. The summed E-state index contributed by atoms with van der Waals surface area (Å²) in [6.07, 6.45) is 0. The third-order valence-electron chi connectivity index (χ3n) is 1.41. The maximum atomic E-state index is 10.1. The van der Waals surface area contributed by atoms with E-state index in [2.05, 4.69) is 15.0 Å². The topological polar surface area (TPSA) is 135 Å². The van der Waals surface area contributed by atoms with Gasteiger partial charge < -0.3 is 4.84 Å². The second kappa shape index (κ2) is 8.25. The van der Waals surface area contributed by atoms with Gasteiger partial charge in [0, 0.05) is 24.0 Å². The lowest BCUT2D eigenvalue weighted by Gasteiger charge is -1.85. The van der Waals surface area contributed by atoms with Crippen molar-refractivity contribution < 1.29 is 19.3 Å². The number of rotatable bonds is 3. The number of nitro groups is 1. The molecule has 0 aliphatic rings. The molecule has 0 saturated heterocycles. The summed E-state index contributed by atoms with van der Waals surface area (Å²) < 4.78 is 0. The van der Waals surface area contributed by atoms with Gasteiger partial charge in [-0.1, -0.05) is 18.2 Å². The van der Waals surface area contributed by atoms with Crippen LogP contribution in [0.4, 0.5) is 5.69 Å². The van der Waals surface area contributed by atoms with E-state index < -0.39 is 16.7 Å². The Hall–Kier alpha value is -2.93. The molecule has 0 bridgehead atoms. The molecule has 0 fully saturated rings. The SMILES string of the molecule is CC(=O)C(=O)ON=[N+]=[N-].O=[N+]([O-])c1ccccc1. The third kappa shape index (κ3) is 6.53. The lowest BCUT2D eigenvalue weighted by Crippen LogP contribution is -2.09. The maximum absolute atomic E-state index is 10.1. The van der Waals surface area contributed by atoms with Gasteiger partial charge in [-0.15, -0.1) is 0 Å². The monoisotopic (exact) mass is 252 g/mol. The van der Waals surface area contributed by atoms with Crippen molar-refractivity contribution in [3.05, 3.63) is 50.9 Å². The number of para-hydroxylation sites is 1. The first-order valence-electron chi connectivity index (χ1n) is 4.44. The molecule has 0 aliphatic carbocycles. The van der Waals surface area contributed by atoms with Crippen molar-refractivity contribution in [1.29, 1.82) is 0 Å². The number of azide groups is 1. The first-order chi connectivity index (χ1) is 8.49. The van der Waals surface area contributed by atoms with E-state index in [4.69, 9.17) is 5.53 Å². The fourth-order valence-corrected chi connectivity index (χ4v) is 0.669. The lowest BCUT2D eigenvalue weighted by molar-refractivity contribution is -0.384. The van der Waals surface area contributed by atoms with Crippen molar-refractivity contribution in [3.63, 3.8) is 0 Å². The predicted molar refractivity (Wildman–Crippen MR) is 59.0 cm³/mol. The average Bonchev–Trinajstić information content (AvgIpc) is 2.37. The number of benzene rings is 1. The van der Waals surface area contributed by atoms with Crippen LogP contribution in [0.15, 0.2) is 35.6 Å². The standard InChI is InChI=1S/C6H5NO2.C3H3N3O3/c8-7(9)6-4-2-1-3-5-6;1-2(7)3(8)9-6-5-4/h1-5H;1H3. The van der Waals surface area contributed by atoms with Gasteiger partial charge in [0.25, 0.3) is 5.69 Å². The minimum atomic E-state index is -1.16. The van der Waals surface area contributed by atoms with Gasteiger partial charge in [-0.05, 0) is 5.53 Å². The Morgan fingerprint density at radius 1 is 1.39 bits per heavy atom.